The van der Waals surface area contributed by atoms with Crippen molar-refractivity contribution in [3.05, 3.63) is 54.1 Å². The smallest absolute Gasteiger partial charge is 0.230 e. The van der Waals surface area contributed by atoms with E-state index in [-0.39, 0.29) is 11.8 Å². The van der Waals surface area contributed by atoms with Gasteiger partial charge in [0.2, 0.25) is 5.91 Å². The molecule has 1 fully saturated rings. The molecular weight excluding hydrogens is 210 g/mol. The van der Waals surface area contributed by atoms with E-state index in [1.807, 2.05) is 29.2 Å². The number of fused-ring (bicyclic) bond motifs is 2. The second-order valence-corrected chi connectivity index (χ2v) is 4.60. The van der Waals surface area contributed by atoms with Crippen molar-refractivity contribution in [2.75, 3.05) is 6.54 Å². The fourth-order valence-corrected chi connectivity index (χ4v) is 2.56. The van der Waals surface area contributed by atoms with Gasteiger partial charge in [0.05, 0.1) is 12.0 Å². The molecule has 0 radical (unpaired) electrons. The van der Waals surface area contributed by atoms with Crippen molar-refractivity contribution in [1.82, 2.24) is 4.90 Å². The summed E-state index contributed by atoms with van der Waals surface area (Å²) in [5.41, 5.74) is 1.18. The quantitative estimate of drug-likeness (QED) is 0.724. The average molecular weight is 225 g/mol. The zero-order valence-corrected chi connectivity index (χ0v) is 9.62. The molecule has 0 spiro atoms. The lowest BCUT2D eigenvalue weighted by Gasteiger charge is -2.22. The van der Waals surface area contributed by atoms with E-state index in [0.29, 0.717) is 6.04 Å². The molecule has 0 saturated carbocycles. The Kier molecular flexibility index (Phi) is 2.56. The molecule has 1 saturated heterocycles. The van der Waals surface area contributed by atoms with Crippen LogP contribution in [0.3, 0.4) is 0 Å². The third-order valence-electron chi connectivity index (χ3n) is 3.47. The van der Waals surface area contributed by atoms with Crippen LogP contribution in [0.15, 0.2) is 48.6 Å². The number of nitrogens with zero attached hydrogens (tertiary/aromatic N) is 1. The number of hydrogen-bond acceptors (Lipinski definition) is 1. The van der Waals surface area contributed by atoms with Gasteiger partial charge in [-0.2, -0.15) is 0 Å². The van der Waals surface area contributed by atoms with Crippen LogP contribution in [-0.4, -0.2) is 23.4 Å². The van der Waals surface area contributed by atoms with Crippen LogP contribution in [0, 0.1) is 5.92 Å². The minimum Gasteiger partial charge on any atom is -0.332 e. The van der Waals surface area contributed by atoms with Crippen LogP contribution in [0.25, 0.3) is 6.08 Å². The summed E-state index contributed by atoms with van der Waals surface area (Å²) < 4.78 is 0. The molecule has 2 heteroatoms. The second-order valence-electron chi connectivity index (χ2n) is 4.60. The van der Waals surface area contributed by atoms with E-state index in [1.165, 1.54) is 5.56 Å². The molecule has 0 N–H and O–H groups in total. The van der Waals surface area contributed by atoms with Gasteiger partial charge in [-0.15, -0.1) is 0 Å². The number of benzene rings is 1. The predicted molar refractivity (Wildman–Crippen MR) is 68.2 cm³/mol. The highest BCUT2D eigenvalue weighted by molar-refractivity contribution is 5.85. The van der Waals surface area contributed by atoms with Crippen LogP contribution in [-0.2, 0) is 4.79 Å². The van der Waals surface area contributed by atoms with Crippen molar-refractivity contribution in [2.24, 2.45) is 5.92 Å². The van der Waals surface area contributed by atoms with E-state index in [0.717, 1.165) is 13.0 Å². The molecule has 1 heterocycles. The summed E-state index contributed by atoms with van der Waals surface area (Å²) in [4.78, 5) is 13.8. The van der Waals surface area contributed by atoms with Crippen molar-refractivity contribution >= 4 is 12.0 Å². The van der Waals surface area contributed by atoms with E-state index in [2.05, 4.69) is 30.4 Å². The molecule has 2 atom stereocenters. The summed E-state index contributed by atoms with van der Waals surface area (Å²) in [7, 11) is 0. The van der Waals surface area contributed by atoms with Gasteiger partial charge in [-0.05, 0) is 12.0 Å². The van der Waals surface area contributed by atoms with E-state index in [4.69, 9.17) is 0 Å². The Morgan fingerprint density at radius 3 is 2.76 bits per heavy atom. The molecule has 1 aromatic rings. The molecule has 1 aliphatic heterocycles. The highest BCUT2D eigenvalue weighted by Crippen LogP contribution is 2.32. The van der Waals surface area contributed by atoms with Gasteiger partial charge in [0.1, 0.15) is 0 Å². The number of amides is 1. The monoisotopic (exact) mass is 225 g/mol. The van der Waals surface area contributed by atoms with Crippen molar-refractivity contribution < 1.29 is 4.79 Å². The van der Waals surface area contributed by atoms with Crippen molar-refractivity contribution in [3.63, 3.8) is 0 Å². The largest absolute Gasteiger partial charge is 0.332 e. The Morgan fingerprint density at radius 1 is 1.24 bits per heavy atom. The maximum absolute atomic E-state index is 11.9. The summed E-state index contributed by atoms with van der Waals surface area (Å²) in [5, 5.41) is 0. The third-order valence-corrected chi connectivity index (χ3v) is 3.47. The van der Waals surface area contributed by atoms with Crippen LogP contribution < -0.4 is 0 Å². The molecule has 0 aromatic heterocycles. The van der Waals surface area contributed by atoms with E-state index >= 15 is 0 Å². The van der Waals surface area contributed by atoms with Crippen LogP contribution in [0.5, 0.6) is 0 Å². The van der Waals surface area contributed by atoms with Gasteiger partial charge in [-0.25, -0.2) is 0 Å². The molecule has 1 aliphatic carbocycles. The van der Waals surface area contributed by atoms with E-state index in [1.54, 1.807) is 0 Å². The lowest BCUT2D eigenvalue weighted by Crippen LogP contribution is -2.34. The average Bonchev–Trinajstić information content (AvgIpc) is 2.94. The SMILES string of the molecule is O=C1C2C=CC(C2)N1C/C=C\c1ccccc1. The summed E-state index contributed by atoms with van der Waals surface area (Å²) >= 11 is 0. The first-order chi connectivity index (χ1) is 8.34. The molecular formula is C15H15NO. The molecule has 2 aliphatic rings. The summed E-state index contributed by atoms with van der Waals surface area (Å²) in [6.45, 7) is 0.721. The Hall–Kier alpha value is -1.83. The predicted octanol–water partition coefficient (Wildman–Crippen LogP) is 2.49. The number of carbonyl (C=O) groups excluding carboxylic acids is 1. The molecule has 2 bridgehead atoms. The summed E-state index contributed by atoms with van der Waals surface area (Å²) in [6.07, 6.45) is 9.33. The lowest BCUT2D eigenvalue weighted by atomic mass is 10.1. The Bertz CT molecular complexity index is 475. The van der Waals surface area contributed by atoms with Crippen LogP contribution in [0.2, 0.25) is 0 Å². The van der Waals surface area contributed by atoms with Crippen molar-refractivity contribution in [3.8, 4) is 0 Å². The van der Waals surface area contributed by atoms with Crippen molar-refractivity contribution in [2.45, 2.75) is 12.5 Å². The van der Waals surface area contributed by atoms with E-state index in [9.17, 15) is 4.79 Å². The first kappa shape index (κ1) is 10.3. The fraction of sp³-hybridized carbons (Fsp3) is 0.267. The Labute approximate surface area is 101 Å². The van der Waals surface area contributed by atoms with Gasteiger partial charge in [0, 0.05) is 6.54 Å². The van der Waals surface area contributed by atoms with Crippen molar-refractivity contribution in [1.29, 1.82) is 0 Å². The normalized spacial score (nSPS) is 26.4. The van der Waals surface area contributed by atoms with E-state index < -0.39 is 0 Å². The fourth-order valence-electron chi connectivity index (χ4n) is 2.56. The zero-order valence-electron chi connectivity index (χ0n) is 9.62. The van der Waals surface area contributed by atoms with Gasteiger partial charge in [-0.3, -0.25) is 4.79 Å². The summed E-state index contributed by atoms with van der Waals surface area (Å²) in [5.74, 6) is 0.445. The lowest BCUT2D eigenvalue weighted by molar-refractivity contribution is -0.130. The molecule has 1 amide bonds. The minimum atomic E-state index is 0.158. The zero-order chi connectivity index (χ0) is 11.7. The molecule has 17 heavy (non-hydrogen) atoms. The van der Waals surface area contributed by atoms with Gasteiger partial charge < -0.3 is 4.90 Å². The number of hydrogen-bond donors (Lipinski definition) is 0. The van der Waals surface area contributed by atoms with Crippen LogP contribution in [0.4, 0.5) is 0 Å². The molecule has 2 unspecified atom stereocenters. The van der Waals surface area contributed by atoms with Gasteiger partial charge in [0.25, 0.3) is 0 Å². The highest BCUT2D eigenvalue weighted by Gasteiger charge is 2.39. The first-order valence-corrected chi connectivity index (χ1v) is 6.05. The number of rotatable bonds is 3. The number of carbonyl (C=O) groups is 1. The molecule has 2 nitrogen and oxygen atoms in total. The maximum Gasteiger partial charge on any atom is 0.230 e. The second kappa shape index (κ2) is 4.21. The summed E-state index contributed by atoms with van der Waals surface area (Å²) in [6, 6.07) is 10.5. The topological polar surface area (TPSA) is 20.3 Å². The Morgan fingerprint density at radius 2 is 2.06 bits per heavy atom. The van der Waals surface area contributed by atoms with Gasteiger partial charge in [-0.1, -0.05) is 54.6 Å². The molecule has 86 valence electrons. The molecule has 3 rings (SSSR count). The minimum absolute atomic E-state index is 0.158. The van der Waals surface area contributed by atoms with Crippen LogP contribution in [0.1, 0.15) is 12.0 Å². The third kappa shape index (κ3) is 1.91. The Balaban J connectivity index is 1.64. The standard InChI is InChI=1S/C15H15NO/c17-15-13-8-9-14(11-13)16(15)10-4-7-12-5-2-1-3-6-12/h1-9,13-14H,10-11H2/b7-4-. The van der Waals surface area contributed by atoms with Crippen LogP contribution >= 0.6 is 0 Å². The van der Waals surface area contributed by atoms with Gasteiger partial charge >= 0.3 is 0 Å². The molecule has 1 aromatic carbocycles. The highest BCUT2D eigenvalue weighted by atomic mass is 16.2. The first-order valence-electron chi connectivity index (χ1n) is 6.05. The maximum atomic E-state index is 11.9. The number of likely N-dealkylation sites (tertiary alicyclic amines) is 1. The van der Waals surface area contributed by atoms with Gasteiger partial charge in [0.15, 0.2) is 0 Å².